The zero-order valence-electron chi connectivity index (χ0n) is 31.7. The fourth-order valence-corrected chi connectivity index (χ4v) is 7.10. The van der Waals surface area contributed by atoms with Crippen molar-refractivity contribution in [1.82, 2.24) is 19.8 Å². The van der Waals surface area contributed by atoms with E-state index in [1.165, 1.54) is 40.0 Å². The Hall–Kier alpha value is -6.41. The molecule has 0 unspecified atom stereocenters. The minimum Gasteiger partial charge on any atom is -0.424 e. The summed E-state index contributed by atoms with van der Waals surface area (Å²) < 4.78 is 26.9. The van der Waals surface area contributed by atoms with Crippen molar-refractivity contribution in [3.63, 3.8) is 0 Å². The predicted octanol–water partition coefficient (Wildman–Crippen LogP) is 8.72. The maximum Gasteiger partial charge on any atom is 0.480 e. The van der Waals surface area contributed by atoms with Crippen LogP contribution in [-0.4, -0.2) is 60.6 Å². The van der Waals surface area contributed by atoms with Crippen LogP contribution in [0.15, 0.2) is 115 Å². The van der Waals surface area contributed by atoms with Crippen LogP contribution in [0.25, 0.3) is 27.9 Å². The van der Waals surface area contributed by atoms with Gasteiger partial charge in [-0.3, -0.25) is 29.0 Å². The summed E-state index contributed by atoms with van der Waals surface area (Å²) in [4.78, 5) is 62.1. The number of rotatable bonds is 6. The highest BCUT2D eigenvalue weighted by atomic mass is 35.5. The molecule has 2 atom stereocenters. The summed E-state index contributed by atoms with van der Waals surface area (Å²) >= 11 is 6.25. The number of hydrogen-bond acceptors (Lipinski definition) is 8. The predicted molar refractivity (Wildman–Crippen MR) is 219 cm³/mol. The first-order valence-corrected chi connectivity index (χ1v) is 18.5. The average Bonchev–Trinajstić information content (AvgIpc) is 3.61. The molecule has 14 heteroatoms. The molecule has 0 saturated carbocycles. The van der Waals surface area contributed by atoms with E-state index in [0.29, 0.717) is 49.9 Å². The fourth-order valence-electron chi connectivity index (χ4n) is 6.79. The minimum atomic E-state index is -1.28. The van der Waals surface area contributed by atoms with Gasteiger partial charge in [0.2, 0.25) is 0 Å². The monoisotopic (exact) mass is 800 g/mol. The molecule has 4 heterocycles. The minimum absolute atomic E-state index is 0.141. The van der Waals surface area contributed by atoms with E-state index in [4.69, 9.17) is 21.6 Å². The Morgan fingerprint density at radius 3 is 1.43 bits per heavy atom. The molecule has 0 saturated heterocycles. The quantitative estimate of drug-likeness (QED) is 0.0969. The molecule has 6 aromatic rings. The van der Waals surface area contributed by atoms with Crippen LogP contribution in [-0.2, 0) is 0 Å². The largest absolute Gasteiger partial charge is 0.480 e. The van der Waals surface area contributed by atoms with Crippen molar-refractivity contribution in [3.8, 4) is 0 Å². The molecule has 4 aromatic carbocycles. The summed E-state index contributed by atoms with van der Waals surface area (Å²) in [6.07, 6.45) is 5.20. The second-order valence-corrected chi connectivity index (χ2v) is 13.7. The van der Waals surface area contributed by atoms with Crippen LogP contribution in [0.5, 0.6) is 0 Å². The molecule has 8 rings (SSSR count). The lowest BCUT2D eigenvalue weighted by Gasteiger charge is -2.24. The van der Waals surface area contributed by atoms with Gasteiger partial charge >= 0.3 is 7.12 Å². The van der Waals surface area contributed by atoms with Crippen LogP contribution in [0.2, 0.25) is 5.15 Å². The van der Waals surface area contributed by atoms with Gasteiger partial charge in [-0.05, 0) is 94.4 Å². The number of aromatic nitrogens is 2. The lowest BCUT2D eigenvalue weighted by atomic mass is 9.92. The van der Waals surface area contributed by atoms with Gasteiger partial charge in [0.25, 0.3) is 23.6 Å². The van der Waals surface area contributed by atoms with E-state index >= 15 is 0 Å². The third kappa shape index (κ3) is 8.19. The molecule has 2 aliphatic heterocycles. The summed E-state index contributed by atoms with van der Waals surface area (Å²) in [6, 6.07) is 24.6. The highest BCUT2D eigenvalue weighted by molar-refractivity contribution is 6.47. The zero-order valence-corrected chi connectivity index (χ0v) is 32.5. The number of allylic oxidation sites excluding steroid dienone is 2. The first-order valence-electron chi connectivity index (χ1n) is 18.2. The van der Waals surface area contributed by atoms with E-state index < -0.39 is 25.0 Å². The van der Waals surface area contributed by atoms with Crippen molar-refractivity contribution >= 4 is 70.2 Å². The molecular weight excluding hydrogens is 765 g/mol. The molecule has 58 heavy (non-hydrogen) atoms. The van der Waals surface area contributed by atoms with Crippen molar-refractivity contribution in [2.45, 2.75) is 39.8 Å². The van der Waals surface area contributed by atoms with Crippen molar-refractivity contribution in [2.24, 2.45) is 0 Å². The van der Waals surface area contributed by atoms with Gasteiger partial charge in [0.05, 0.1) is 51.1 Å². The van der Waals surface area contributed by atoms with Gasteiger partial charge in [-0.25, -0.2) is 18.7 Å². The van der Waals surface area contributed by atoms with Crippen LogP contribution in [0.4, 0.5) is 8.78 Å². The number of benzene rings is 4. The van der Waals surface area contributed by atoms with Crippen LogP contribution in [0.3, 0.4) is 0 Å². The number of imide groups is 2. The van der Waals surface area contributed by atoms with Gasteiger partial charge in [-0.2, -0.15) is 0 Å². The maximum absolute atomic E-state index is 13.6. The number of hydrogen-bond donors (Lipinski definition) is 2. The van der Waals surface area contributed by atoms with Crippen LogP contribution < -0.4 is 0 Å². The average molecular weight is 801 g/mol. The highest BCUT2D eigenvalue weighted by Crippen LogP contribution is 2.36. The Morgan fingerprint density at radius 1 is 0.621 bits per heavy atom. The zero-order chi connectivity index (χ0) is 41.8. The Balaban J connectivity index is 0.000000172. The van der Waals surface area contributed by atoms with E-state index in [1.54, 1.807) is 99.7 Å². The number of nitrogens with zero attached hydrogens (tertiary/aromatic N) is 4. The summed E-state index contributed by atoms with van der Waals surface area (Å²) in [7, 11) is -1.28. The van der Waals surface area contributed by atoms with Crippen molar-refractivity contribution in [2.75, 3.05) is 0 Å². The van der Waals surface area contributed by atoms with E-state index in [9.17, 15) is 28.0 Å². The van der Waals surface area contributed by atoms with E-state index in [1.807, 2.05) is 19.1 Å². The molecule has 2 N–H and O–H groups in total. The maximum atomic E-state index is 13.6. The summed E-state index contributed by atoms with van der Waals surface area (Å²) in [5.41, 5.74) is 4.43. The first kappa shape index (κ1) is 41.2. The molecule has 0 aliphatic carbocycles. The van der Waals surface area contributed by atoms with E-state index in [2.05, 4.69) is 9.97 Å². The van der Waals surface area contributed by atoms with Crippen LogP contribution in [0, 0.1) is 11.6 Å². The number of carbonyl (C=O) groups is 4. The number of amides is 4. The van der Waals surface area contributed by atoms with Crippen molar-refractivity contribution in [1.29, 1.82) is 0 Å². The Bertz CT molecular complexity index is 2600. The second-order valence-electron chi connectivity index (χ2n) is 13.3. The summed E-state index contributed by atoms with van der Waals surface area (Å²) in [6.45, 7) is 7.11. The summed E-state index contributed by atoms with van der Waals surface area (Å²) in [5.74, 6) is -0.825. The van der Waals surface area contributed by atoms with Gasteiger partial charge in [0.15, 0.2) is 0 Å². The number of fused-ring (bicyclic) bond motifs is 4. The molecule has 4 amide bonds. The number of pyridine rings is 2. The van der Waals surface area contributed by atoms with Crippen LogP contribution >= 0.6 is 11.6 Å². The van der Waals surface area contributed by atoms with Crippen molar-refractivity contribution in [3.05, 3.63) is 171 Å². The molecule has 0 bridgehead atoms. The fraction of sp³-hybridized carbons (Fsp3) is 0.136. The van der Waals surface area contributed by atoms with Gasteiger partial charge < -0.3 is 10.0 Å². The number of carbonyl (C=O) groups excluding carboxylic acids is 4. The molecular formula is C44H36BClF2N4O6. The second kappa shape index (κ2) is 17.4. The number of halogens is 3. The van der Waals surface area contributed by atoms with Crippen LogP contribution in [0.1, 0.15) is 98.0 Å². The highest BCUT2D eigenvalue weighted by Gasteiger charge is 2.40. The normalized spacial score (nSPS) is 14.4. The third-order valence-corrected chi connectivity index (χ3v) is 9.92. The molecule has 10 nitrogen and oxygen atoms in total. The van der Waals surface area contributed by atoms with Gasteiger partial charge in [0.1, 0.15) is 16.8 Å². The van der Waals surface area contributed by atoms with Gasteiger partial charge in [-0.1, -0.05) is 54.0 Å². The van der Waals surface area contributed by atoms with E-state index in [0.717, 1.165) is 10.9 Å². The van der Waals surface area contributed by atoms with Crippen molar-refractivity contribution < 1.29 is 38.0 Å². The standard InChI is InChI=1S/C22H17FN2O2.C19H12ClFN2O2.C3H7BO2/c1-3-6-19-18(11-14-9-10-15(23)12-20(14)24-19)13(2)25-21(26)16-7-4-5-8-17(16)22(25)27;1-10(23-18(24)13-4-2-3-5-14(13)19(23)25)15-8-11-6-7-12(21)9-16(11)22-17(15)20;1-2-3-4(5)6/h3-13H,1-2H3;2-10H,1H3;2-3,5-6H,1H3/b6-3+;;3-2+/t13-;10-;/m00./s1. The smallest absolute Gasteiger partial charge is 0.424 e. The molecule has 2 aromatic heterocycles. The molecule has 0 fully saturated rings. The molecule has 292 valence electrons. The topological polar surface area (TPSA) is 141 Å². The third-order valence-electron chi connectivity index (χ3n) is 9.62. The first-order chi connectivity index (χ1) is 27.7. The Morgan fingerprint density at radius 2 is 1.03 bits per heavy atom. The SMILES string of the molecule is C/C=C/B(O)O.C/C=C/c1nc2cc(F)ccc2cc1[C@H](C)N1C(=O)c2ccccc2C1=O.C[C@@H](c1cc2ccc(F)cc2nc1Cl)N1C(=O)c2ccccc2C1=O. The molecule has 0 radical (unpaired) electrons. The summed E-state index contributed by atoms with van der Waals surface area (Å²) in [5, 5.41) is 17.6. The van der Waals surface area contributed by atoms with Gasteiger partial charge in [-0.15, -0.1) is 0 Å². The molecule has 0 spiro atoms. The molecule has 2 aliphatic rings. The Labute approximate surface area is 337 Å². The lowest BCUT2D eigenvalue weighted by molar-refractivity contribution is 0.0579. The van der Waals surface area contributed by atoms with Gasteiger partial charge in [0, 0.05) is 34.0 Å². The Kier molecular flexibility index (Phi) is 12.4. The lowest BCUT2D eigenvalue weighted by Crippen LogP contribution is -2.33. The van der Waals surface area contributed by atoms with E-state index in [-0.39, 0.29) is 34.6 Å².